The molecule has 1 fully saturated rings. The van der Waals surface area contributed by atoms with Crippen molar-refractivity contribution in [3.05, 3.63) is 18.0 Å². The number of ether oxygens (including phenoxy) is 1. The Morgan fingerprint density at radius 1 is 1.55 bits per heavy atom. The highest BCUT2D eigenvalue weighted by Crippen LogP contribution is 2.29. The van der Waals surface area contributed by atoms with E-state index in [-0.39, 0.29) is 11.6 Å². The zero-order valence-electron chi connectivity index (χ0n) is 12.9. The first kappa shape index (κ1) is 15.5. The van der Waals surface area contributed by atoms with Crippen molar-refractivity contribution in [3.8, 4) is 0 Å². The summed E-state index contributed by atoms with van der Waals surface area (Å²) in [5.41, 5.74) is 3.71. The van der Waals surface area contributed by atoms with Crippen LogP contribution >= 0.6 is 0 Å². The number of nitrogens with one attached hydrogen (secondary N) is 1. The molecule has 1 aromatic heterocycles. The van der Waals surface area contributed by atoms with Crippen LogP contribution in [0.3, 0.4) is 0 Å². The summed E-state index contributed by atoms with van der Waals surface area (Å²) in [6.07, 6.45) is 8.95. The maximum atomic E-state index is 5.72. The lowest BCUT2D eigenvalue weighted by Crippen LogP contribution is -2.53. The normalized spacial score (nSPS) is 21.0. The molecule has 0 aliphatic heterocycles. The molecule has 1 aliphatic carbocycles. The Bertz CT molecular complexity index is 408. The average molecular weight is 280 g/mol. The Morgan fingerprint density at radius 2 is 2.25 bits per heavy atom. The van der Waals surface area contributed by atoms with E-state index in [1.165, 1.54) is 25.7 Å². The van der Waals surface area contributed by atoms with Gasteiger partial charge in [-0.15, -0.1) is 0 Å². The number of nitrogens with two attached hydrogens (primary N) is 1. The second kappa shape index (κ2) is 6.70. The fourth-order valence-corrected chi connectivity index (χ4v) is 3.05. The predicted molar refractivity (Wildman–Crippen MR) is 80.3 cm³/mol. The van der Waals surface area contributed by atoms with E-state index >= 15 is 0 Å². The molecule has 0 bridgehead atoms. The molecule has 114 valence electrons. The molecule has 3 N–H and O–H groups in total. The number of methoxy groups -OCH3 is 1. The van der Waals surface area contributed by atoms with Crippen molar-refractivity contribution in [2.75, 3.05) is 7.11 Å². The third-order valence-electron chi connectivity index (χ3n) is 4.88. The third-order valence-corrected chi connectivity index (χ3v) is 4.88. The first-order valence-corrected chi connectivity index (χ1v) is 7.68. The van der Waals surface area contributed by atoms with Crippen molar-refractivity contribution in [1.82, 2.24) is 15.2 Å². The molecule has 0 spiro atoms. The number of hydrogen-bond acceptors (Lipinski definition) is 4. The smallest absolute Gasteiger partial charge is 0.0817 e. The molecule has 0 radical (unpaired) electrons. The van der Waals surface area contributed by atoms with Crippen LogP contribution in [0.1, 0.15) is 57.7 Å². The van der Waals surface area contributed by atoms with Gasteiger partial charge in [-0.3, -0.25) is 16.0 Å². The Hall–Kier alpha value is -0.910. The molecular weight excluding hydrogens is 252 g/mol. The van der Waals surface area contributed by atoms with Crippen molar-refractivity contribution >= 4 is 0 Å². The van der Waals surface area contributed by atoms with Gasteiger partial charge in [0.05, 0.1) is 23.4 Å². The van der Waals surface area contributed by atoms with Gasteiger partial charge >= 0.3 is 0 Å². The molecule has 1 heterocycles. The van der Waals surface area contributed by atoms with Gasteiger partial charge in [0.25, 0.3) is 0 Å². The summed E-state index contributed by atoms with van der Waals surface area (Å²) >= 11 is 0. The van der Waals surface area contributed by atoms with Crippen LogP contribution in [0.2, 0.25) is 0 Å². The molecule has 20 heavy (non-hydrogen) atoms. The molecule has 0 amide bonds. The molecule has 2 unspecified atom stereocenters. The summed E-state index contributed by atoms with van der Waals surface area (Å²) in [6, 6.07) is 2.76. The average Bonchev–Trinajstić information content (AvgIpc) is 3.14. The van der Waals surface area contributed by atoms with Gasteiger partial charge < -0.3 is 4.74 Å². The monoisotopic (exact) mass is 280 g/mol. The number of aromatic nitrogens is 2. The Labute approximate surface area is 121 Å². The molecule has 0 aromatic carbocycles. The fourth-order valence-electron chi connectivity index (χ4n) is 3.05. The summed E-state index contributed by atoms with van der Waals surface area (Å²) in [5.74, 6) is 5.72. The lowest BCUT2D eigenvalue weighted by molar-refractivity contribution is -0.0290. The Balaban J connectivity index is 2.04. The van der Waals surface area contributed by atoms with Crippen molar-refractivity contribution < 1.29 is 4.74 Å². The maximum Gasteiger partial charge on any atom is 0.0817 e. The van der Waals surface area contributed by atoms with Crippen LogP contribution in [0.25, 0.3) is 0 Å². The quantitative estimate of drug-likeness (QED) is 0.593. The lowest BCUT2D eigenvalue weighted by atomic mass is 9.90. The number of hydrogen-bond donors (Lipinski definition) is 2. The molecule has 5 heteroatoms. The van der Waals surface area contributed by atoms with Crippen molar-refractivity contribution in [2.45, 2.75) is 70.1 Å². The SMILES string of the molecule is CCC(C)(OC)C(Cc1ccn(C2CCCC2)n1)NN. The van der Waals surface area contributed by atoms with Crippen LogP contribution in [-0.2, 0) is 11.2 Å². The largest absolute Gasteiger partial charge is 0.377 e. The molecule has 1 saturated carbocycles. The zero-order chi connectivity index (χ0) is 14.6. The van der Waals surface area contributed by atoms with Gasteiger partial charge in [0, 0.05) is 19.7 Å². The molecule has 2 rings (SSSR count). The molecule has 0 saturated heterocycles. The summed E-state index contributed by atoms with van der Waals surface area (Å²) in [5, 5.41) is 4.73. The molecule has 1 aromatic rings. The lowest BCUT2D eigenvalue weighted by Gasteiger charge is -2.35. The predicted octanol–water partition coefficient (Wildman–Crippen LogP) is 2.19. The third kappa shape index (κ3) is 3.22. The Kier molecular flexibility index (Phi) is 5.18. The van der Waals surface area contributed by atoms with Gasteiger partial charge in [-0.25, -0.2) is 0 Å². The minimum atomic E-state index is -0.272. The standard InChI is InChI=1S/C15H28N4O/c1-4-15(2,20-3)14(17-16)11-12-9-10-19(18-12)13-7-5-6-8-13/h9-10,13-14,17H,4-8,11,16H2,1-3H3. The van der Waals surface area contributed by atoms with Crippen LogP contribution in [0.5, 0.6) is 0 Å². The summed E-state index contributed by atoms with van der Waals surface area (Å²) in [4.78, 5) is 0. The minimum absolute atomic E-state index is 0.0597. The summed E-state index contributed by atoms with van der Waals surface area (Å²) in [7, 11) is 1.74. The highest BCUT2D eigenvalue weighted by molar-refractivity contribution is 5.05. The zero-order valence-corrected chi connectivity index (χ0v) is 12.9. The van der Waals surface area contributed by atoms with Crippen molar-refractivity contribution in [1.29, 1.82) is 0 Å². The Morgan fingerprint density at radius 3 is 2.80 bits per heavy atom. The van der Waals surface area contributed by atoms with E-state index in [0.717, 1.165) is 18.5 Å². The van der Waals surface area contributed by atoms with E-state index in [4.69, 9.17) is 15.7 Å². The van der Waals surface area contributed by atoms with E-state index in [9.17, 15) is 0 Å². The van der Waals surface area contributed by atoms with Crippen LogP contribution in [0.15, 0.2) is 12.3 Å². The number of hydrazine groups is 1. The van der Waals surface area contributed by atoms with Crippen LogP contribution < -0.4 is 11.3 Å². The fraction of sp³-hybridized carbons (Fsp3) is 0.800. The van der Waals surface area contributed by atoms with E-state index in [1.807, 2.05) is 0 Å². The summed E-state index contributed by atoms with van der Waals surface area (Å²) < 4.78 is 7.77. The first-order chi connectivity index (χ1) is 9.62. The molecular formula is C15H28N4O. The van der Waals surface area contributed by atoms with Gasteiger partial charge in [-0.1, -0.05) is 19.8 Å². The van der Waals surface area contributed by atoms with Crippen molar-refractivity contribution in [3.63, 3.8) is 0 Å². The van der Waals surface area contributed by atoms with Gasteiger partial charge in [0.15, 0.2) is 0 Å². The van der Waals surface area contributed by atoms with Gasteiger partial charge in [-0.05, 0) is 32.3 Å². The van der Waals surface area contributed by atoms with E-state index in [0.29, 0.717) is 6.04 Å². The van der Waals surface area contributed by atoms with E-state index < -0.39 is 0 Å². The highest BCUT2D eigenvalue weighted by atomic mass is 16.5. The molecule has 1 aliphatic rings. The topological polar surface area (TPSA) is 65.1 Å². The van der Waals surface area contributed by atoms with Gasteiger partial charge in [0.2, 0.25) is 0 Å². The van der Waals surface area contributed by atoms with Crippen molar-refractivity contribution in [2.24, 2.45) is 5.84 Å². The summed E-state index contributed by atoms with van der Waals surface area (Å²) in [6.45, 7) is 4.20. The minimum Gasteiger partial charge on any atom is -0.377 e. The molecule has 2 atom stereocenters. The van der Waals surface area contributed by atoms with E-state index in [2.05, 4.69) is 36.2 Å². The second-order valence-corrected chi connectivity index (χ2v) is 6.02. The van der Waals surface area contributed by atoms with Crippen LogP contribution in [-0.4, -0.2) is 28.5 Å². The van der Waals surface area contributed by atoms with Crippen LogP contribution in [0, 0.1) is 0 Å². The maximum absolute atomic E-state index is 5.72. The second-order valence-electron chi connectivity index (χ2n) is 6.02. The number of rotatable bonds is 7. The molecule has 5 nitrogen and oxygen atoms in total. The first-order valence-electron chi connectivity index (χ1n) is 7.68. The van der Waals surface area contributed by atoms with E-state index in [1.54, 1.807) is 7.11 Å². The number of nitrogens with zero attached hydrogens (tertiary/aromatic N) is 2. The van der Waals surface area contributed by atoms with Gasteiger partial charge in [0.1, 0.15) is 0 Å². The highest BCUT2D eigenvalue weighted by Gasteiger charge is 2.32. The van der Waals surface area contributed by atoms with Crippen LogP contribution in [0.4, 0.5) is 0 Å². The van der Waals surface area contributed by atoms with Gasteiger partial charge in [-0.2, -0.15) is 5.10 Å².